The van der Waals surface area contributed by atoms with Crippen LogP contribution in [-0.4, -0.2) is 24.6 Å². The Kier molecular flexibility index (Phi) is 5.13. The van der Waals surface area contributed by atoms with Crippen LogP contribution >= 0.6 is 0 Å². The standard InChI is InChI=1S/C22H18N4O3/c27-21(16-9-11-18(12-10-16)26(28)29)8-3-6-19-15-17-5-1-2-7-20(17)25(19)22-23-13-4-14-24-22/h1-5,7-15,21,27H,6H2/b8-3+. The second kappa shape index (κ2) is 8.04. The average molecular weight is 386 g/mol. The van der Waals surface area contributed by atoms with E-state index in [4.69, 9.17) is 0 Å². The molecule has 2 heterocycles. The van der Waals surface area contributed by atoms with Crippen molar-refractivity contribution >= 4 is 16.6 Å². The van der Waals surface area contributed by atoms with E-state index in [1.807, 2.05) is 34.9 Å². The van der Waals surface area contributed by atoms with Gasteiger partial charge < -0.3 is 5.11 Å². The fourth-order valence-electron chi connectivity index (χ4n) is 3.23. The molecule has 0 saturated heterocycles. The van der Waals surface area contributed by atoms with Crippen LogP contribution in [0.15, 0.2) is 85.2 Å². The molecule has 4 rings (SSSR count). The third kappa shape index (κ3) is 3.90. The normalized spacial score (nSPS) is 12.4. The summed E-state index contributed by atoms with van der Waals surface area (Å²) in [5.41, 5.74) is 2.60. The molecule has 144 valence electrons. The highest BCUT2D eigenvalue weighted by molar-refractivity contribution is 5.82. The Bertz CT molecular complexity index is 1170. The average Bonchev–Trinajstić information content (AvgIpc) is 3.12. The fourth-order valence-corrected chi connectivity index (χ4v) is 3.23. The monoisotopic (exact) mass is 386 g/mol. The van der Waals surface area contributed by atoms with Gasteiger partial charge >= 0.3 is 0 Å². The summed E-state index contributed by atoms with van der Waals surface area (Å²) < 4.78 is 2.00. The third-order valence-electron chi connectivity index (χ3n) is 4.63. The molecular formula is C22H18N4O3. The van der Waals surface area contributed by atoms with Crippen molar-refractivity contribution < 1.29 is 10.0 Å². The Balaban J connectivity index is 1.59. The SMILES string of the molecule is O=[N+]([O-])c1ccc(C(O)/C=C/Cc2cc3ccccc3n2-c2ncccn2)cc1. The molecule has 1 unspecified atom stereocenters. The first-order chi connectivity index (χ1) is 14.1. The topological polar surface area (TPSA) is 94.1 Å². The minimum absolute atomic E-state index is 0.00249. The van der Waals surface area contributed by atoms with E-state index in [0.29, 0.717) is 17.9 Å². The lowest BCUT2D eigenvalue weighted by Crippen LogP contribution is -2.04. The molecule has 0 aliphatic carbocycles. The number of benzene rings is 2. The number of allylic oxidation sites excluding steroid dienone is 1. The first-order valence-corrected chi connectivity index (χ1v) is 9.09. The smallest absolute Gasteiger partial charge is 0.269 e. The number of rotatable bonds is 6. The number of nitro benzene ring substituents is 1. The molecule has 0 saturated carbocycles. The molecule has 1 atom stereocenters. The molecule has 4 aromatic rings. The van der Waals surface area contributed by atoms with E-state index in [-0.39, 0.29) is 5.69 Å². The number of para-hydroxylation sites is 1. The van der Waals surface area contributed by atoms with Crippen LogP contribution in [0.1, 0.15) is 17.4 Å². The van der Waals surface area contributed by atoms with Crippen molar-refractivity contribution in [1.82, 2.24) is 14.5 Å². The van der Waals surface area contributed by atoms with Crippen molar-refractivity contribution in [3.8, 4) is 5.95 Å². The highest BCUT2D eigenvalue weighted by atomic mass is 16.6. The number of nitro groups is 1. The molecule has 7 nitrogen and oxygen atoms in total. The molecular weight excluding hydrogens is 368 g/mol. The van der Waals surface area contributed by atoms with Gasteiger partial charge in [-0.3, -0.25) is 14.7 Å². The van der Waals surface area contributed by atoms with Gasteiger partial charge in [-0.05, 0) is 35.9 Å². The summed E-state index contributed by atoms with van der Waals surface area (Å²) in [6.07, 6.45) is 6.68. The maximum absolute atomic E-state index is 10.8. The molecule has 0 fully saturated rings. The van der Waals surface area contributed by atoms with Gasteiger partial charge in [-0.2, -0.15) is 0 Å². The zero-order valence-electron chi connectivity index (χ0n) is 15.4. The number of hydrogen-bond acceptors (Lipinski definition) is 5. The number of non-ortho nitro benzene ring substituents is 1. The Morgan fingerprint density at radius 2 is 1.79 bits per heavy atom. The zero-order valence-corrected chi connectivity index (χ0v) is 15.4. The van der Waals surface area contributed by atoms with Crippen molar-refractivity contribution in [2.45, 2.75) is 12.5 Å². The minimum atomic E-state index is -0.846. The summed E-state index contributed by atoms with van der Waals surface area (Å²) in [7, 11) is 0. The van der Waals surface area contributed by atoms with Crippen molar-refractivity contribution in [1.29, 1.82) is 0 Å². The van der Waals surface area contributed by atoms with Crippen molar-refractivity contribution in [2.75, 3.05) is 0 Å². The quantitative estimate of drug-likeness (QED) is 0.305. The fraction of sp³-hybridized carbons (Fsp3) is 0.0909. The lowest BCUT2D eigenvalue weighted by molar-refractivity contribution is -0.384. The molecule has 1 N–H and O–H groups in total. The van der Waals surface area contributed by atoms with Crippen LogP contribution in [0, 0.1) is 10.1 Å². The van der Waals surface area contributed by atoms with Crippen molar-refractivity contribution in [3.63, 3.8) is 0 Å². The van der Waals surface area contributed by atoms with Crippen LogP contribution in [0.2, 0.25) is 0 Å². The van der Waals surface area contributed by atoms with E-state index in [1.165, 1.54) is 12.1 Å². The maximum atomic E-state index is 10.8. The minimum Gasteiger partial charge on any atom is -0.384 e. The molecule has 0 bridgehead atoms. The van der Waals surface area contributed by atoms with Gasteiger partial charge in [0.25, 0.3) is 5.69 Å². The van der Waals surface area contributed by atoms with E-state index < -0.39 is 11.0 Å². The first kappa shape index (κ1) is 18.5. The highest BCUT2D eigenvalue weighted by Gasteiger charge is 2.12. The predicted octanol–water partition coefficient (Wildman–Crippen LogP) is 4.16. The van der Waals surface area contributed by atoms with Gasteiger partial charge in [0.15, 0.2) is 0 Å². The predicted molar refractivity (Wildman–Crippen MR) is 110 cm³/mol. The van der Waals surface area contributed by atoms with Crippen LogP contribution in [0.4, 0.5) is 5.69 Å². The lowest BCUT2D eigenvalue weighted by atomic mass is 10.1. The van der Waals surface area contributed by atoms with Crippen LogP contribution < -0.4 is 0 Å². The summed E-state index contributed by atoms with van der Waals surface area (Å²) >= 11 is 0. The molecule has 0 aliphatic heterocycles. The number of aliphatic hydroxyl groups is 1. The largest absolute Gasteiger partial charge is 0.384 e. The highest BCUT2D eigenvalue weighted by Crippen LogP contribution is 2.24. The zero-order chi connectivity index (χ0) is 20.2. The summed E-state index contributed by atoms with van der Waals surface area (Å²) in [6, 6.07) is 17.7. The second-order valence-electron chi connectivity index (χ2n) is 6.50. The molecule has 0 aliphatic rings. The van der Waals surface area contributed by atoms with Gasteiger partial charge in [0.2, 0.25) is 5.95 Å². The number of aliphatic hydroxyl groups excluding tert-OH is 1. The van der Waals surface area contributed by atoms with Gasteiger partial charge in [-0.25, -0.2) is 9.97 Å². The Labute approximate surface area is 166 Å². The molecule has 29 heavy (non-hydrogen) atoms. The molecule has 2 aromatic heterocycles. The Morgan fingerprint density at radius 1 is 1.07 bits per heavy atom. The van der Waals surface area contributed by atoms with Crippen LogP contribution in [0.5, 0.6) is 0 Å². The summed E-state index contributed by atoms with van der Waals surface area (Å²) in [6.45, 7) is 0. The number of nitrogens with zero attached hydrogens (tertiary/aromatic N) is 4. The molecule has 0 radical (unpaired) electrons. The van der Waals surface area contributed by atoms with Crippen molar-refractivity contribution in [3.05, 3.63) is 107 Å². The first-order valence-electron chi connectivity index (χ1n) is 9.09. The van der Waals surface area contributed by atoms with E-state index >= 15 is 0 Å². The third-order valence-corrected chi connectivity index (χ3v) is 4.63. The van der Waals surface area contributed by atoms with E-state index in [1.54, 1.807) is 36.7 Å². The summed E-state index contributed by atoms with van der Waals surface area (Å²) in [4.78, 5) is 19.0. The van der Waals surface area contributed by atoms with Crippen LogP contribution in [0.25, 0.3) is 16.9 Å². The van der Waals surface area contributed by atoms with E-state index in [9.17, 15) is 15.2 Å². The van der Waals surface area contributed by atoms with E-state index in [0.717, 1.165) is 16.6 Å². The lowest BCUT2D eigenvalue weighted by Gasteiger charge is -2.08. The van der Waals surface area contributed by atoms with Gasteiger partial charge in [0, 0.05) is 42.0 Å². The number of aromatic nitrogens is 3. The Morgan fingerprint density at radius 3 is 2.52 bits per heavy atom. The molecule has 0 amide bonds. The maximum Gasteiger partial charge on any atom is 0.269 e. The molecule has 2 aromatic carbocycles. The van der Waals surface area contributed by atoms with Gasteiger partial charge in [0.05, 0.1) is 16.5 Å². The Hall–Kier alpha value is -3.84. The van der Waals surface area contributed by atoms with Crippen molar-refractivity contribution in [2.24, 2.45) is 0 Å². The second-order valence-corrected chi connectivity index (χ2v) is 6.50. The molecule has 0 spiro atoms. The summed E-state index contributed by atoms with van der Waals surface area (Å²) in [5, 5.41) is 22.2. The summed E-state index contributed by atoms with van der Waals surface area (Å²) in [5.74, 6) is 0.591. The van der Waals surface area contributed by atoms with Crippen LogP contribution in [-0.2, 0) is 6.42 Å². The van der Waals surface area contributed by atoms with Gasteiger partial charge in [-0.15, -0.1) is 0 Å². The van der Waals surface area contributed by atoms with E-state index in [2.05, 4.69) is 16.0 Å². The van der Waals surface area contributed by atoms with Gasteiger partial charge in [0.1, 0.15) is 0 Å². The van der Waals surface area contributed by atoms with Crippen LogP contribution in [0.3, 0.4) is 0 Å². The number of fused-ring (bicyclic) bond motifs is 1. The number of hydrogen-bond donors (Lipinski definition) is 1. The molecule has 7 heteroatoms. The van der Waals surface area contributed by atoms with Gasteiger partial charge in [-0.1, -0.05) is 30.4 Å².